The fraction of sp³-hybridized carbons (Fsp3) is 0.351. The van der Waals surface area contributed by atoms with Gasteiger partial charge in [0.2, 0.25) is 0 Å². The molecule has 2 aliphatic heterocycles. The summed E-state index contributed by atoms with van der Waals surface area (Å²) in [5.74, 6) is -0.471. The third kappa shape index (κ3) is 7.97. The van der Waals surface area contributed by atoms with E-state index in [0.29, 0.717) is 35.7 Å². The van der Waals surface area contributed by atoms with Crippen molar-refractivity contribution in [1.29, 1.82) is 0 Å². The molecule has 0 unspecified atom stereocenters. The van der Waals surface area contributed by atoms with Crippen LogP contribution in [0.1, 0.15) is 69.8 Å². The summed E-state index contributed by atoms with van der Waals surface area (Å²) in [6.45, 7) is 6.99. The van der Waals surface area contributed by atoms with Gasteiger partial charge in [-0.1, -0.05) is 35.9 Å². The third-order valence-corrected chi connectivity index (χ3v) is 8.86. The van der Waals surface area contributed by atoms with Crippen molar-refractivity contribution in [3.05, 3.63) is 107 Å². The topological polar surface area (TPSA) is 116 Å². The number of benzene rings is 2. The predicted octanol–water partition coefficient (Wildman–Crippen LogP) is 5.55. The van der Waals surface area contributed by atoms with Gasteiger partial charge in [0.15, 0.2) is 0 Å². The number of carbonyl (C=O) groups excluding carboxylic acids is 2. The zero-order valence-electron chi connectivity index (χ0n) is 26.5. The van der Waals surface area contributed by atoms with Gasteiger partial charge in [0, 0.05) is 68.3 Å². The Morgan fingerprint density at radius 1 is 0.891 bits per heavy atom. The quantitative estimate of drug-likeness (QED) is 0.226. The molecule has 9 heteroatoms. The number of amides is 2. The molecule has 9 nitrogen and oxygen atoms in total. The molecule has 2 aromatic heterocycles. The fourth-order valence-corrected chi connectivity index (χ4v) is 6.25. The van der Waals surface area contributed by atoms with Gasteiger partial charge in [-0.15, -0.1) is 0 Å². The van der Waals surface area contributed by atoms with E-state index < -0.39 is 0 Å². The van der Waals surface area contributed by atoms with Crippen molar-refractivity contribution in [2.24, 2.45) is 5.73 Å². The minimum atomic E-state index is -0.290. The summed E-state index contributed by atoms with van der Waals surface area (Å²) in [5.41, 5.74) is 13.0. The van der Waals surface area contributed by atoms with Gasteiger partial charge in [-0.2, -0.15) is 0 Å². The monoisotopic (exact) mass is 617 g/mol. The molecule has 4 aromatic rings. The van der Waals surface area contributed by atoms with Crippen LogP contribution in [-0.2, 0) is 13.1 Å². The lowest BCUT2D eigenvalue weighted by atomic mass is 10.0. The molecule has 0 radical (unpaired) electrons. The molecule has 4 N–H and O–H groups in total. The first kappa shape index (κ1) is 31.4. The van der Waals surface area contributed by atoms with Crippen LogP contribution in [0.3, 0.4) is 0 Å². The average Bonchev–Trinajstić information content (AvgIpc) is 3.09. The molecule has 0 bridgehead atoms. The van der Waals surface area contributed by atoms with Crippen LogP contribution in [0, 0.1) is 6.92 Å². The number of carbonyl (C=O) groups is 2. The summed E-state index contributed by atoms with van der Waals surface area (Å²) in [5, 5.41) is 6.13. The van der Waals surface area contributed by atoms with Crippen molar-refractivity contribution < 1.29 is 9.59 Å². The van der Waals surface area contributed by atoms with Crippen molar-refractivity contribution in [3.63, 3.8) is 0 Å². The number of aromatic nitrogens is 2. The molecule has 6 rings (SSSR count). The maximum absolute atomic E-state index is 13.6. The molecule has 2 aliphatic rings. The second-order valence-electron chi connectivity index (χ2n) is 12.5. The largest absolute Gasteiger partial charge is 0.372 e. The minimum absolute atomic E-state index is 0.181. The second kappa shape index (κ2) is 14.7. The number of anilines is 2. The minimum Gasteiger partial charge on any atom is -0.372 e. The first-order chi connectivity index (χ1) is 22.4. The highest BCUT2D eigenvalue weighted by molar-refractivity contribution is 6.05. The summed E-state index contributed by atoms with van der Waals surface area (Å²) in [4.78, 5) is 40.9. The van der Waals surface area contributed by atoms with Crippen LogP contribution in [0.2, 0.25) is 0 Å². The highest BCUT2D eigenvalue weighted by atomic mass is 16.2. The zero-order chi connectivity index (χ0) is 31.9. The van der Waals surface area contributed by atoms with Crippen molar-refractivity contribution in [2.45, 2.75) is 58.2 Å². The molecular weight excluding hydrogens is 574 g/mol. The Morgan fingerprint density at radius 3 is 2.50 bits per heavy atom. The van der Waals surface area contributed by atoms with Gasteiger partial charge in [0.25, 0.3) is 11.8 Å². The molecule has 2 fully saturated rings. The van der Waals surface area contributed by atoms with Crippen LogP contribution in [-0.4, -0.2) is 58.9 Å². The Hall–Kier alpha value is -4.60. The van der Waals surface area contributed by atoms with Crippen LogP contribution in [0.5, 0.6) is 0 Å². The maximum Gasteiger partial charge on any atom is 0.274 e. The standard InChI is InChI=1S/C37H43N7O2/c1-26-7-5-8-27(21-26)24-40-36(45)28-13-16-39-35(22-28)32-23-31(44-17-3-2-4-18-44)11-12-33(32)42-37(46)34-10-6-9-30(41-34)25-43-19-14-29(38)15-20-43/h5-13,16,21-23,29H,2-4,14-15,17-20,24-25,38H2,1H3,(H,40,45)(H,42,46). The first-order valence-corrected chi connectivity index (χ1v) is 16.4. The van der Waals surface area contributed by atoms with Crippen molar-refractivity contribution in [3.8, 4) is 11.3 Å². The van der Waals surface area contributed by atoms with E-state index in [1.54, 1.807) is 24.4 Å². The van der Waals surface area contributed by atoms with Crippen LogP contribution in [0.4, 0.5) is 11.4 Å². The Kier molecular flexibility index (Phi) is 10.0. The molecule has 0 atom stereocenters. The molecule has 238 valence electrons. The molecule has 2 amide bonds. The summed E-state index contributed by atoms with van der Waals surface area (Å²) in [6, 6.07) is 23.5. The van der Waals surface area contributed by atoms with E-state index in [0.717, 1.165) is 79.9 Å². The Bertz CT molecular complexity index is 1680. The number of piperidine rings is 2. The van der Waals surface area contributed by atoms with Crippen LogP contribution < -0.4 is 21.3 Å². The first-order valence-electron chi connectivity index (χ1n) is 16.4. The van der Waals surface area contributed by atoms with Gasteiger partial charge < -0.3 is 21.3 Å². The van der Waals surface area contributed by atoms with E-state index in [2.05, 4.69) is 37.6 Å². The Labute approximate surface area is 271 Å². The number of aryl methyl sites for hydroxylation is 1. The average molecular weight is 618 g/mol. The third-order valence-electron chi connectivity index (χ3n) is 8.86. The fourth-order valence-electron chi connectivity index (χ4n) is 6.25. The number of nitrogens with zero attached hydrogens (tertiary/aromatic N) is 4. The normalized spacial score (nSPS) is 15.8. The lowest BCUT2D eigenvalue weighted by molar-refractivity contribution is 0.0950. The summed E-state index contributed by atoms with van der Waals surface area (Å²) < 4.78 is 0. The van der Waals surface area contributed by atoms with Gasteiger partial charge in [-0.25, -0.2) is 4.98 Å². The van der Waals surface area contributed by atoms with Crippen molar-refractivity contribution in [2.75, 3.05) is 36.4 Å². The van der Waals surface area contributed by atoms with Crippen LogP contribution >= 0.6 is 0 Å². The highest BCUT2D eigenvalue weighted by Crippen LogP contribution is 2.33. The van der Waals surface area contributed by atoms with Gasteiger partial charge in [-0.3, -0.25) is 19.5 Å². The number of hydrogen-bond donors (Lipinski definition) is 3. The lowest BCUT2D eigenvalue weighted by Crippen LogP contribution is -2.39. The summed E-state index contributed by atoms with van der Waals surface area (Å²) in [7, 11) is 0. The molecule has 46 heavy (non-hydrogen) atoms. The second-order valence-corrected chi connectivity index (χ2v) is 12.5. The van der Waals surface area contributed by atoms with E-state index in [9.17, 15) is 9.59 Å². The van der Waals surface area contributed by atoms with E-state index in [4.69, 9.17) is 10.7 Å². The number of hydrogen-bond acceptors (Lipinski definition) is 7. The number of rotatable bonds is 9. The Balaban J connectivity index is 1.24. The van der Waals surface area contributed by atoms with Crippen LogP contribution in [0.25, 0.3) is 11.3 Å². The number of nitrogens with one attached hydrogen (secondary N) is 2. The Morgan fingerprint density at radius 2 is 1.70 bits per heavy atom. The number of pyridine rings is 2. The van der Waals surface area contributed by atoms with E-state index in [-0.39, 0.29) is 17.9 Å². The summed E-state index contributed by atoms with van der Waals surface area (Å²) in [6.07, 6.45) is 7.12. The van der Waals surface area contributed by atoms with Gasteiger partial charge in [0.05, 0.1) is 17.1 Å². The molecule has 4 heterocycles. The van der Waals surface area contributed by atoms with Crippen molar-refractivity contribution in [1.82, 2.24) is 20.2 Å². The zero-order valence-corrected chi connectivity index (χ0v) is 26.5. The highest BCUT2D eigenvalue weighted by Gasteiger charge is 2.20. The van der Waals surface area contributed by atoms with E-state index in [1.165, 1.54) is 6.42 Å². The molecule has 0 aliphatic carbocycles. The van der Waals surface area contributed by atoms with E-state index >= 15 is 0 Å². The molecular formula is C37H43N7O2. The number of likely N-dealkylation sites (tertiary alicyclic amines) is 1. The van der Waals surface area contributed by atoms with Gasteiger partial charge in [0.1, 0.15) is 5.69 Å². The summed E-state index contributed by atoms with van der Waals surface area (Å²) >= 11 is 0. The smallest absolute Gasteiger partial charge is 0.274 e. The lowest BCUT2D eigenvalue weighted by Gasteiger charge is -2.29. The molecule has 0 spiro atoms. The van der Waals surface area contributed by atoms with Crippen LogP contribution in [0.15, 0.2) is 79.0 Å². The molecule has 0 saturated carbocycles. The van der Waals surface area contributed by atoms with E-state index in [1.807, 2.05) is 49.4 Å². The molecule has 2 saturated heterocycles. The molecule has 2 aromatic carbocycles. The van der Waals surface area contributed by atoms with Crippen molar-refractivity contribution >= 4 is 23.2 Å². The number of nitrogens with two attached hydrogens (primary N) is 1. The maximum atomic E-state index is 13.6. The van der Waals surface area contributed by atoms with Gasteiger partial charge in [-0.05, 0) is 87.1 Å². The van der Waals surface area contributed by atoms with Gasteiger partial charge >= 0.3 is 0 Å². The predicted molar refractivity (Wildman–Crippen MR) is 183 cm³/mol. The SMILES string of the molecule is Cc1cccc(CNC(=O)c2ccnc(-c3cc(N4CCCCC4)ccc3NC(=O)c3cccc(CN4CCC(N)CC4)n3)c2)c1.